The third kappa shape index (κ3) is 3.44. The molecule has 0 spiro atoms. The molecule has 136 valence electrons. The number of hydrogen-bond acceptors (Lipinski definition) is 6. The Morgan fingerprint density at radius 3 is 2.67 bits per heavy atom. The monoisotopic (exact) mass is 379 g/mol. The van der Waals surface area contributed by atoms with Gasteiger partial charge in [0.05, 0.1) is 0 Å². The molecule has 4 aromatic rings. The van der Waals surface area contributed by atoms with Crippen LogP contribution in [0.2, 0.25) is 0 Å². The SMILES string of the molecule is Nn1c(SCc2cc(=O)[nH]c3ccccc23)nnc1[C@@H](O)c1ccccc1. The Balaban J connectivity index is 1.58. The van der Waals surface area contributed by atoms with E-state index >= 15 is 0 Å². The predicted molar refractivity (Wildman–Crippen MR) is 105 cm³/mol. The first kappa shape index (κ1) is 17.3. The molecule has 2 aromatic carbocycles. The number of aliphatic hydroxyl groups excluding tert-OH is 1. The van der Waals surface area contributed by atoms with Crippen molar-refractivity contribution in [3.05, 3.63) is 88.0 Å². The number of nitrogen functional groups attached to an aromatic ring is 1. The zero-order valence-electron chi connectivity index (χ0n) is 14.2. The van der Waals surface area contributed by atoms with Gasteiger partial charge in [0.25, 0.3) is 0 Å². The molecule has 4 rings (SSSR count). The molecule has 0 unspecified atom stereocenters. The number of thioether (sulfide) groups is 1. The highest BCUT2D eigenvalue weighted by Crippen LogP contribution is 2.26. The normalized spacial score (nSPS) is 12.3. The second kappa shape index (κ2) is 7.26. The van der Waals surface area contributed by atoms with E-state index in [9.17, 15) is 9.90 Å². The third-order valence-corrected chi connectivity index (χ3v) is 5.24. The standard InChI is InChI=1S/C19H17N5O2S/c20-24-18(17(26)12-6-2-1-3-7-12)22-23-19(24)27-11-13-10-16(25)21-15-9-5-4-8-14(13)15/h1-10,17,26H,11,20H2,(H,21,25)/t17-/m0/s1. The summed E-state index contributed by atoms with van der Waals surface area (Å²) in [5, 5.41) is 20.0. The van der Waals surface area contributed by atoms with Crippen LogP contribution in [-0.2, 0) is 5.75 Å². The van der Waals surface area contributed by atoms with Gasteiger partial charge in [-0.2, -0.15) is 0 Å². The molecule has 8 heteroatoms. The molecule has 7 nitrogen and oxygen atoms in total. The van der Waals surface area contributed by atoms with Gasteiger partial charge in [0, 0.05) is 22.7 Å². The maximum absolute atomic E-state index is 11.9. The Kier molecular flexibility index (Phi) is 4.66. The molecule has 0 fully saturated rings. The number of fused-ring (bicyclic) bond motifs is 1. The van der Waals surface area contributed by atoms with Gasteiger partial charge in [-0.25, -0.2) is 4.68 Å². The van der Waals surface area contributed by atoms with Crippen molar-refractivity contribution in [3.63, 3.8) is 0 Å². The number of aromatic nitrogens is 4. The van der Waals surface area contributed by atoms with E-state index in [1.54, 1.807) is 18.2 Å². The van der Waals surface area contributed by atoms with Crippen molar-refractivity contribution in [2.45, 2.75) is 17.0 Å². The van der Waals surface area contributed by atoms with Gasteiger partial charge in [0.1, 0.15) is 6.10 Å². The molecule has 1 atom stereocenters. The van der Waals surface area contributed by atoms with Gasteiger partial charge < -0.3 is 15.9 Å². The number of rotatable bonds is 5. The summed E-state index contributed by atoms with van der Waals surface area (Å²) in [6.45, 7) is 0. The summed E-state index contributed by atoms with van der Waals surface area (Å²) in [6, 6.07) is 18.3. The van der Waals surface area contributed by atoms with E-state index in [0.29, 0.717) is 16.5 Å². The number of aliphatic hydroxyl groups is 1. The Hall–Kier alpha value is -3.10. The van der Waals surface area contributed by atoms with Crippen molar-refractivity contribution >= 4 is 22.7 Å². The molecule has 0 aliphatic rings. The lowest BCUT2D eigenvalue weighted by Crippen LogP contribution is -2.17. The van der Waals surface area contributed by atoms with Crippen molar-refractivity contribution in [2.75, 3.05) is 5.84 Å². The largest absolute Gasteiger partial charge is 0.380 e. The van der Waals surface area contributed by atoms with Gasteiger partial charge in [0.15, 0.2) is 5.82 Å². The van der Waals surface area contributed by atoms with Crippen LogP contribution in [0, 0.1) is 0 Å². The number of para-hydroxylation sites is 1. The lowest BCUT2D eigenvalue weighted by atomic mass is 10.1. The number of nitrogens with two attached hydrogens (primary N) is 1. The maximum atomic E-state index is 11.9. The molecule has 2 aromatic heterocycles. The topological polar surface area (TPSA) is 110 Å². The fourth-order valence-corrected chi connectivity index (χ4v) is 3.75. The van der Waals surface area contributed by atoms with E-state index in [2.05, 4.69) is 15.2 Å². The fourth-order valence-electron chi connectivity index (χ4n) is 2.90. The molecule has 4 N–H and O–H groups in total. The number of aromatic amines is 1. The smallest absolute Gasteiger partial charge is 0.248 e. The summed E-state index contributed by atoms with van der Waals surface area (Å²) >= 11 is 1.36. The summed E-state index contributed by atoms with van der Waals surface area (Å²) in [4.78, 5) is 14.7. The summed E-state index contributed by atoms with van der Waals surface area (Å²) < 4.78 is 1.29. The summed E-state index contributed by atoms with van der Waals surface area (Å²) in [7, 11) is 0. The van der Waals surface area contributed by atoms with E-state index in [-0.39, 0.29) is 11.4 Å². The average Bonchev–Trinajstić information content (AvgIpc) is 3.06. The number of pyridine rings is 1. The van der Waals surface area contributed by atoms with Gasteiger partial charge in [-0.15, -0.1) is 10.2 Å². The lowest BCUT2D eigenvalue weighted by Gasteiger charge is -2.10. The van der Waals surface area contributed by atoms with Gasteiger partial charge in [-0.05, 0) is 17.2 Å². The number of nitrogens with zero attached hydrogens (tertiary/aromatic N) is 3. The van der Waals surface area contributed by atoms with E-state index in [1.807, 2.05) is 42.5 Å². The molecule has 0 aliphatic carbocycles. The van der Waals surface area contributed by atoms with Crippen LogP contribution in [-0.4, -0.2) is 25.0 Å². The lowest BCUT2D eigenvalue weighted by molar-refractivity contribution is 0.206. The van der Waals surface area contributed by atoms with Crippen molar-refractivity contribution in [3.8, 4) is 0 Å². The minimum Gasteiger partial charge on any atom is -0.380 e. The van der Waals surface area contributed by atoms with Crippen molar-refractivity contribution in [1.29, 1.82) is 0 Å². The van der Waals surface area contributed by atoms with Crippen LogP contribution in [0.5, 0.6) is 0 Å². The quantitative estimate of drug-likeness (QED) is 0.362. The third-order valence-electron chi connectivity index (χ3n) is 4.24. The number of nitrogens with one attached hydrogen (secondary N) is 1. The van der Waals surface area contributed by atoms with Gasteiger partial charge in [-0.1, -0.05) is 60.3 Å². The van der Waals surface area contributed by atoms with Gasteiger partial charge >= 0.3 is 0 Å². The maximum Gasteiger partial charge on any atom is 0.248 e. The van der Waals surface area contributed by atoms with Gasteiger partial charge in [0.2, 0.25) is 10.7 Å². The van der Waals surface area contributed by atoms with E-state index in [4.69, 9.17) is 5.84 Å². The molecule has 2 heterocycles. The van der Waals surface area contributed by atoms with Crippen LogP contribution in [0.3, 0.4) is 0 Å². The average molecular weight is 379 g/mol. The molecular formula is C19H17N5O2S. The molecule has 0 radical (unpaired) electrons. The second-order valence-corrected chi connectivity index (χ2v) is 6.96. The van der Waals surface area contributed by atoms with Crippen LogP contribution in [0.25, 0.3) is 10.9 Å². The highest BCUT2D eigenvalue weighted by Gasteiger charge is 2.20. The van der Waals surface area contributed by atoms with Crippen molar-refractivity contribution in [1.82, 2.24) is 19.9 Å². The molecule has 0 aliphatic heterocycles. The molecule has 0 saturated heterocycles. The second-order valence-electron chi connectivity index (χ2n) is 6.02. The van der Waals surface area contributed by atoms with Crippen LogP contribution in [0.15, 0.2) is 70.6 Å². The molecular weight excluding hydrogens is 362 g/mol. The van der Waals surface area contributed by atoms with Crippen molar-refractivity contribution in [2.24, 2.45) is 0 Å². The predicted octanol–water partition coefficient (Wildman–Crippen LogP) is 2.21. The van der Waals surface area contributed by atoms with Gasteiger partial charge in [-0.3, -0.25) is 4.79 Å². The van der Waals surface area contributed by atoms with E-state index in [0.717, 1.165) is 16.5 Å². The highest BCUT2D eigenvalue weighted by molar-refractivity contribution is 7.98. The Morgan fingerprint density at radius 2 is 1.85 bits per heavy atom. The summed E-state index contributed by atoms with van der Waals surface area (Å²) in [5.74, 6) is 6.86. The Labute approximate surface area is 158 Å². The fraction of sp³-hybridized carbons (Fsp3) is 0.105. The highest BCUT2D eigenvalue weighted by atomic mass is 32.2. The van der Waals surface area contributed by atoms with E-state index in [1.165, 1.54) is 16.4 Å². The summed E-state index contributed by atoms with van der Waals surface area (Å²) in [6.07, 6.45) is -0.960. The summed E-state index contributed by atoms with van der Waals surface area (Å²) in [5.41, 5.74) is 2.20. The first-order chi connectivity index (χ1) is 13.1. The van der Waals surface area contributed by atoms with Crippen LogP contribution < -0.4 is 11.4 Å². The Morgan fingerprint density at radius 1 is 1.11 bits per heavy atom. The Bertz CT molecular complexity index is 1140. The zero-order chi connectivity index (χ0) is 18.8. The molecule has 0 amide bonds. The molecule has 27 heavy (non-hydrogen) atoms. The molecule has 0 bridgehead atoms. The molecule has 0 saturated carbocycles. The van der Waals surface area contributed by atoms with Crippen molar-refractivity contribution < 1.29 is 5.11 Å². The minimum absolute atomic E-state index is 0.154. The first-order valence-corrected chi connectivity index (χ1v) is 9.29. The zero-order valence-corrected chi connectivity index (χ0v) is 15.1. The number of benzene rings is 2. The van der Waals surface area contributed by atoms with E-state index < -0.39 is 6.10 Å². The minimum atomic E-state index is -0.960. The number of hydrogen-bond donors (Lipinski definition) is 3. The first-order valence-electron chi connectivity index (χ1n) is 8.30. The van der Waals surface area contributed by atoms with Crippen LogP contribution in [0.1, 0.15) is 23.1 Å². The van der Waals surface area contributed by atoms with Crippen LogP contribution in [0.4, 0.5) is 0 Å². The van der Waals surface area contributed by atoms with Crippen LogP contribution >= 0.6 is 11.8 Å². The number of H-pyrrole nitrogens is 1.